The molecule has 0 saturated carbocycles. The van der Waals surface area contributed by atoms with Gasteiger partial charge in [-0.3, -0.25) is 9.59 Å². The molecule has 0 aliphatic rings. The Hall–Kier alpha value is -2.46. The predicted octanol–water partition coefficient (Wildman–Crippen LogP) is -1.63. The van der Waals surface area contributed by atoms with E-state index in [2.05, 4.69) is 20.6 Å². The van der Waals surface area contributed by atoms with Gasteiger partial charge in [0.15, 0.2) is 0 Å². The van der Waals surface area contributed by atoms with Crippen molar-refractivity contribution in [1.29, 1.82) is 0 Å². The Bertz CT molecular complexity index is 587. The number of amides is 2. The topological polar surface area (TPSA) is 170 Å². The second kappa shape index (κ2) is 9.14. The maximum absolute atomic E-state index is 12.3. The van der Waals surface area contributed by atoms with E-state index in [1.165, 1.54) is 19.4 Å². The predicted molar refractivity (Wildman–Crippen MR) is 88.3 cm³/mol. The molecule has 2 amide bonds. The molecule has 0 fully saturated rings. The third-order valence-corrected chi connectivity index (χ3v) is 3.68. The summed E-state index contributed by atoms with van der Waals surface area (Å²) in [5, 5.41) is 23.7. The summed E-state index contributed by atoms with van der Waals surface area (Å²) >= 11 is 0. The zero-order chi connectivity index (χ0) is 19.1. The number of carboxylic acids is 1. The third kappa shape index (κ3) is 6.16. The highest BCUT2D eigenvalue weighted by Gasteiger charge is 2.31. The Morgan fingerprint density at radius 2 is 1.88 bits per heavy atom. The standard InChI is InChI=1S/C15H25N5O5/c1-7(2)11(16)13(22)20-12(8(3)21)14(23)19-10(15(24)25)4-9-5-17-6-18-9/h5-8,10-12,21H,4,16H2,1-3H3,(H,17,18)(H,19,23)(H,20,22)(H,24,25)/t8-,10+,11+,12+/m1/s1. The van der Waals surface area contributed by atoms with Crippen molar-refractivity contribution in [2.75, 3.05) is 0 Å². The Kier molecular flexibility index (Phi) is 7.52. The number of nitrogens with one attached hydrogen (secondary N) is 3. The van der Waals surface area contributed by atoms with E-state index in [-0.39, 0.29) is 12.3 Å². The molecule has 1 aromatic rings. The van der Waals surface area contributed by atoms with Crippen LogP contribution in [-0.2, 0) is 20.8 Å². The van der Waals surface area contributed by atoms with Crippen LogP contribution in [0.4, 0.5) is 0 Å². The lowest BCUT2D eigenvalue weighted by atomic mass is 10.0. The van der Waals surface area contributed by atoms with Crippen LogP contribution in [0.5, 0.6) is 0 Å². The van der Waals surface area contributed by atoms with Gasteiger partial charge in [0.05, 0.1) is 18.5 Å². The minimum absolute atomic E-state index is 0.0208. The zero-order valence-corrected chi connectivity index (χ0v) is 14.4. The monoisotopic (exact) mass is 355 g/mol. The lowest BCUT2D eigenvalue weighted by Gasteiger charge is -2.25. The lowest BCUT2D eigenvalue weighted by Crippen LogP contribution is -2.59. The number of hydrogen-bond donors (Lipinski definition) is 6. The van der Waals surface area contributed by atoms with Crippen LogP contribution in [-0.4, -0.2) is 62.2 Å². The molecule has 0 radical (unpaired) electrons. The average Bonchev–Trinajstić information content (AvgIpc) is 3.03. The van der Waals surface area contributed by atoms with Gasteiger partial charge in [0, 0.05) is 18.3 Å². The second-order valence-electron chi connectivity index (χ2n) is 6.18. The summed E-state index contributed by atoms with van der Waals surface area (Å²) in [6.45, 7) is 4.80. The lowest BCUT2D eigenvalue weighted by molar-refractivity contribution is -0.143. The number of H-pyrrole nitrogens is 1. The van der Waals surface area contributed by atoms with Crippen LogP contribution in [0.2, 0.25) is 0 Å². The van der Waals surface area contributed by atoms with Crippen molar-refractivity contribution in [3.05, 3.63) is 18.2 Å². The van der Waals surface area contributed by atoms with Crippen molar-refractivity contribution in [3.63, 3.8) is 0 Å². The number of carbonyl (C=O) groups excluding carboxylic acids is 2. The van der Waals surface area contributed by atoms with Gasteiger partial charge < -0.3 is 31.6 Å². The molecule has 10 nitrogen and oxygen atoms in total. The van der Waals surface area contributed by atoms with E-state index in [1.54, 1.807) is 13.8 Å². The molecule has 7 N–H and O–H groups in total. The molecule has 0 saturated heterocycles. The Morgan fingerprint density at radius 3 is 2.32 bits per heavy atom. The number of aliphatic hydroxyl groups excluding tert-OH is 1. The van der Waals surface area contributed by atoms with Gasteiger partial charge >= 0.3 is 5.97 Å². The van der Waals surface area contributed by atoms with Crippen molar-refractivity contribution in [3.8, 4) is 0 Å². The van der Waals surface area contributed by atoms with Gasteiger partial charge in [0.1, 0.15) is 12.1 Å². The van der Waals surface area contributed by atoms with E-state index in [9.17, 15) is 24.6 Å². The molecule has 10 heteroatoms. The van der Waals surface area contributed by atoms with Crippen molar-refractivity contribution < 1.29 is 24.6 Å². The van der Waals surface area contributed by atoms with Crippen LogP contribution >= 0.6 is 0 Å². The fourth-order valence-corrected chi connectivity index (χ4v) is 2.04. The molecule has 1 aromatic heterocycles. The van der Waals surface area contributed by atoms with Gasteiger partial charge in [-0.2, -0.15) is 0 Å². The van der Waals surface area contributed by atoms with Gasteiger partial charge in [-0.25, -0.2) is 9.78 Å². The second-order valence-corrected chi connectivity index (χ2v) is 6.18. The summed E-state index contributed by atoms with van der Waals surface area (Å²) in [5.74, 6) is -2.83. The number of aromatic amines is 1. The van der Waals surface area contributed by atoms with Gasteiger partial charge in [-0.05, 0) is 12.8 Å². The van der Waals surface area contributed by atoms with Crippen LogP contribution in [0.3, 0.4) is 0 Å². The number of imidazole rings is 1. The van der Waals surface area contributed by atoms with Crippen molar-refractivity contribution in [2.45, 2.75) is 51.4 Å². The molecule has 0 aromatic carbocycles. The third-order valence-electron chi connectivity index (χ3n) is 3.68. The normalized spacial score (nSPS) is 15.9. The van der Waals surface area contributed by atoms with Crippen molar-refractivity contribution in [2.24, 2.45) is 11.7 Å². The van der Waals surface area contributed by atoms with Crippen LogP contribution in [0.1, 0.15) is 26.5 Å². The number of carboxylic acid groups (broad SMARTS) is 1. The van der Waals surface area contributed by atoms with E-state index >= 15 is 0 Å². The highest BCUT2D eigenvalue weighted by atomic mass is 16.4. The first-order valence-corrected chi connectivity index (χ1v) is 7.88. The summed E-state index contributed by atoms with van der Waals surface area (Å²) in [5.41, 5.74) is 6.24. The molecule has 0 aliphatic carbocycles. The van der Waals surface area contributed by atoms with Gasteiger partial charge in [-0.15, -0.1) is 0 Å². The van der Waals surface area contributed by atoms with Crippen LogP contribution in [0, 0.1) is 5.92 Å². The number of rotatable bonds is 9. The smallest absolute Gasteiger partial charge is 0.326 e. The van der Waals surface area contributed by atoms with E-state index in [0.717, 1.165) is 0 Å². The quantitative estimate of drug-likeness (QED) is 0.309. The number of nitrogens with two attached hydrogens (primary N) is 1. The van der Waals surface area contributed by atoms with E-state index in [0.29, 0.717) is 5.69 Å². The highest BCUT2D eigenvalue weighted by Crippen LogP contribution is 2.03. The Morgan fingerprint density at radius 1 is 1.24 bits per heavy atom. The maximum Gasteiger partial charge on any atom is 0.326 e. The van der Waals surface area contributed by atoms with E-state index in [1.807, 2.05) is 0 Å². The molecule has 140 valence electrons. The molecule has 1 rings (SSSR count). The summed E-state index contributed by atoms with van der Waals surface area (Å²) in [6, 6.07) is -3.42. The number of nitrogens with zero attached hydrogens (tertiary/aromatic N) is 1. The Balaban J connectivity index is 2.79. The first-order chi connectivity index (χ1) is 11.6. The molecule has 0 aliphatic heterocycles. The summed E-state index contributed by atoms with van der Waals surface area (Å²) in [7, 11) is 0. The maximum atomic E-state index is 12.3. The van der Waals surface area contributed by atoms with Crippen molar-refractivity contribution >= 4 is 17.8 Å². The first-order valence-electron chi connectivity index (χ1n) is 7.88. The van der Waals surface area contributed by atoms with Gasteiger partial charge in [0.2, 0.25) is 11.8 Å². The molecule has 0 spiro atoms. The van der Waals surface area contributed by atoms with E-state index in [4.69, 9.17) is 5.73 Å². The van der Waals surface area contributed by atoms with Crippen LogP contribution in [0.25, 0.3) is 0 Å². The molecule has 0 bridgehead atoms. The SMILES string of the molecule is CC(C)[C@H](N)C(=O)N[C@H](C(=O)N[C@@H](Cc1cnc[nH]1)C(=O)O)[C@@H](C)O. The fourth-order valence-electron chi connectivity index (χ4n) is 2.04. The number of aromatic nitrogens is 2. The minimum Gasteiger partial charge on any atom is -0.480 e. The number of carbonyl (C=O) groups is 3. The van der Waals surface area contributed by atoms with Gasteiger partial charge in [0.25, 0.3) is 0 Å². The molecular weight excluding hydrogens is 330 g/mol. The average molecular weight is 355 g/mol. The molecule has 1 heterocycles. The largest absolute Gasteiger partial charge is 0.480 e. The number of aliphatic carboxylic acids is 1. The Labute approximate surface area is 145 Å². The number of aliphatic hydroxyl groups is 1. The van der Waals surface area contributed by atoms with Crippen LogP contribution in [0.15, 0.2) is 12.5 Å². The van der Waals surface area contributed by atoms with Gasteiger partial charge in [-0.1, -0.05) is 13.8 Å². The molecule has 0 unspecified atom stereocenters. The van der Waals surface area contributed by atoms with Crippen LogP contribution < -0.4 is 16.4 Å². The molecule has 4 atom stereocenters. The van der Waals surface area contributed by atoms with Crippen molar-refractivity contribution in [1.82, 2.24) is 20.6 Å². The fraction of sp³-hybridized carbons (Fsp3) is 0.600. The summed E-state index contributed by atoms with van der Waals surface area (Å²) < 4.78 is 0. The molecule has 25 heavy (non-hydrogen) atoms. The highest BCUT2D eigenvalue weighted by molar-refractivity contribution is 5.92. The summed E-state index contributed by atoms with van der Waals surface area (Å²) in [4.78, 5) is 42.2. The number of hydrogen-bond acceptors (Lipinski definition) is 6. The molecular formula is C15H25N5O5. The first kappa shape index (κ1) is 20.6. The summed E-state index contributed by atoms with van der Waals surface area (Å²) in [6.07, 6.45) is 1.58. The zero-order valence-electron chi connectivity index (χ0n) is 14.4. The minimum atomic E-state index is -1.32. The van der Waals surface area contributed by atoms with E-state index < -0.39 is 42.0 Å².